The number of fused-ring (bicyclic) bond motifs is 9. The lowest BCUT2D eigenvalue weighted by atomic mass is 9.79. The zero-order valence-corrected chi connectivity index (χ0v) is 21.2. The lowest BCUT2D eigenvalue weighted by Gasteiger charge is -2.32. The van der Waals surface area contributed by atoms with Crippen LogP contribution in [0.25, 0.3) is 11.0 Å². The molecule has 2 fully saturated rings. The Hall–Kier alpha value is -2.98. The maximum absolute atomic E-state index is 13.7. The first-order valence-electron chi connectivity index (χ1n) is 12.8. The van der Waals surface area contributed by atoms with Gasteiger partial charge >= 0.3 is 13.7 Å². The van der Waals surface area contributed by atoms with Crippen molar-refractivity contribution < 1.29 is 27.6 Å². The number of benzene rings is 2. The maximum Gasteiger partial charge on any atom is 0.494 e. The molecule has 0 radical (unpaired) electrons. The Labute approximate surface area is 213 Å². The van der Waals surface area contributed by atoms with Crippen molar-refractivity contribution in [2.45, 2.75) is 82.9 Å². The molecule has 1 amide bonds. The molecule has 192 valence electrons. The molecule has 4 aliphatic rings. The van der Waals surface area contributed by atoms with Crippen molar-refractivity contribution in [2.75, 3.05) is 0 Å². The van der Waals surface area contributed by atoms with Crippen LogP contribution in [0.4, 0.5) is 8.78 Å². The standard InChI is InChI=1S/C27H28BF2N3O4/c1-26(2)27(3,4)37-28(36-26)14-8-11-17-18(12-14)33-19-13-20(23(33)31-17)32(15-9-10-15)24(34)16-6-5-7-21(22(16)19)35-25(29)30/h5-8,11-12,15,19-20,25H,9-10,13H2,1-4H3/t19-,20-/m1/s1. The van der Waals surface area contributed by atoms with E-state index in [2.05, 4.69) is 4.57 Å². The molecule has 7 rings (SSSR count). The molecule has 10 heteroatoms. The van der Waals surface area contributed by atoms with Gasteiger partial charge in [-0.05, 0) is 70.3 Å². The molecule has 3 aromatic rings. The van der Waals surface area contributed by atoms with E-state index in [0.29, 0.717) is 17.5 Å². The van der Waals surface area contributed by atoms with Gasteiger partial charge in [-0.25, -0.2) is 4.98 Å². The number of aromatic nitrogens is 2. The van der Waals surface area contributed by atoms with Crippen molar-refractivity contribution in [1.29, 1.82) is 0 Å². The van der Waals surface area contributed by atoms with Gasteiger partial charge in [0.1, 0.15) is 11.6 Å². The predicted octanol–water partition coefficient (Wildman–Crippen LogP) is 4.59. The quantitative estimate of drug-likeness (QED) is 0.484. The molecule has 2 atom stereocenters. The Morgan fingerprint density at radius 1 is 1.08 bits per heavy atom. The minimum absolute atomic E-state index is 0.0408. The number of nitrogens with zero attached hydrogens (tertiary/aromatic N) is 3. The Kier molecular flexibility index (Phi) is 4.72. The number of carbonyl (C=O) groups is 1. The number of alkyl halides is 2. The van der Waals surface area contributed by atoms with E-state index in [4.69, 9.17) is 19.0 Å². The summed E-state index contributed by atoms with van der Waals surface area (Å²) < 4.78 is 46.5. The van der Waals surface area contributed by atoms with Gasteiger partial charge in [-0.3, -0.25) is 4.79 Å². The van der Waals surface area contributed by atoms with E-state index in [9.17, 15) is 13.6 Å². The molecule has 37 heavy (non-hydrogen) atoms. The second-order valence-corrected chi connectivity index (χ2v) is 11.5. The van der Waals surface area contributed by atoms with Gasteiger partial charge in [-0.1, -0.05) is 12.1 Å². The highest BCUT2D eigenvalue weighted by Gasteiger charge is 2.53. The van der Waals surface area contributed by atoms with Crippen molar-refractivity contribution >= 4 is 29.5 Å². The lowest BCUT2D eigenvalue weighted by Crippen LogP contribution is -2.41. The highest BCUT2D eigenvalue weighted by molar-refractivity contribution is 6.62. The third-order valence-electron chi connectivity index (χ3n) is 8.68. The van der Waals surface area contributed by atoms with E-state index >= 15 is 0 Å². The van der Waals surface area contributed by atoms with Crippen molar-refractivity contribution in [3.63, 3.8) is 0 Å². The second kappa shape index (κ2) is 7.54. The highest BCUT2D eigenvalue weighted by atomic mass is 19.3. The van der Waals surface area contributed by atoms with Gasteiger partial charge in [0.15, 0.2) is 0 Å². The molecule has 7 nitrogen and oxygen atoms in total. The molecule has 0 spiro atoms. The Balaban J connectivity index is 1.41. The van der Waals surface area contributed by atoms with Gasteiger partial charge in [-0.2, -0.15) is 8.78 Å². The average Bonchev–Trinajstić information content (AvgIpc) is 3.45. The summed E-state index contributed by atoms with van der Waals surface area (Å²) in [7, 11) is -0.543. The van der Waals surface area contributed by atoms with E-state index in [0.717, 1.165) is 35.2 Å². The minimum atomic E-state index is -2.99. The summed E-state index contributed by atoms with van der Waals surface area (Å²) in [5.74, 6) is 0.684. The molecule has 3 aliphatic heterocycles. The molecule has 2 bridgehead atoms. The zero-order valence-electron chi connectivity index (χ0n) is 21.2. The summed E-state index contributed by atoms with van der Waals surface area (Å²) in [5.41, 5.74) is 2.46. The van der Waals surface area contributed by atoms with Gasteiger partial charge < -0.3 is 23.5 Å². The van der Waals surface area contributed by atoms with Crippen LogP contribution in [0.3, 0.4) is 0 Å². The second-order valence-electron chi connectivity index (χ2n) is 11.5. The number of hydrogen-bond acceptors (Lipinski definition) is 5. The monoisotopic (exact) mass is 507 g/mol. The number of rotatable bonds is 4. The number of ether oxygens (including phenoxy) is 1. The summed E-state index contributed by atoms with van der Waals surface area (Å²) in [6, 6.07) is 10.3. The first-order chi connectivity index (χ1) is 17.6. The molecule has 1 aliphatic carbocycles. The number of hydrogen-bond donors (Lipinski definition) is 0. The van der Waals surface area contributed by atoms with E-state index in [-0.39, 0.29) is 29.8 Å². The fourth-order valence-electron chi connectivity index (χ4n) is 6.05. The maximum atomic E-state index is 13.7. The molecule has 1 aromatic heterocycles. The summed E-state index contributed by atoms with van der Waals surface area (Å²) in [6.45, 7) is 5.06. The van der Waals surface area contributed by atoms with E-state index in [1.165, 1.54) is 6.07 Å². The lowest BCUT2D eigenvalue weighted by molar-refractivity contribution is -0.0507. The smallest absolute Gasteiger partial charge is 0.434 e. The van der Waals surface area contributed by atoms with Crippen LogP contribution in [0.5, 0.6) is 5.75 Å². The fraction of sp³-hybridized carbons (Fsp3) is 0.481. The van der Waals surface area contributed by atoms with Gasteiger partial charge in [0.05, 0.1) is 34.3 Å². The van der Waals surface area contributed by atoms with Crippen LogP contribution in [0.1, 0.15) is 80.8 Å². The number of carbonyl (C=O) groups excluding carboxylic acids is 1. The number of amides is 1. The minimum Gasteiger partial charge on any atom is -0.434 e. The number of halogens is 2. The Morgan fingerprint density at radius 3 is 2.49 bits per heavy atom. The van der Waals surface area contributed by atoms with Gasteiger partial charge in [-0.15, -0.1) is 0 Å². The third kappa shape index (κ3) is 3.31. The normalized spacial score (nSPS) is 25.5. The molecule has 1 saturated heterocycles. The van der Waals surface area contributed by atoms with Gasteiger partial charge in [0, 0.05) is 23.6 Å². The Morgan fingerprint density at radius 2 is 1.81 bits per heavy atom. The molecule has 1 saturated carbocycles. The largest absolute Gasteiger partial charge is 0.494 e. The molecular weight excluding hydrogens is 479 g/mol. The summed E-state index contributed by atoms with van der Waals surface area (Å²) in [4.78, 5) is 20.6. The van der Waals surface area contributed by atoms with Crippen LogP contribution in [-0.4, -0.2) is 51.3 Å². The number of imidazole rings is 1. The predicted molar refractivity (Wildman–Crippen MR) is 133 cm³/mol. The summed E-state index contributed by atoms with van der Waals surface area (Å²) >= 11 is 0. The summed E-state index contributed by atoms with van der Waals surface area (Å²) in [5, 5.41) is 0. The van der Waals surface area contributed by atoms with Crippen LogP contribution >= 0.6 is 0 Å². The van der Waals surface area contributed by atoms with Crippen LogP contribution in [0.2, 0.25) is 0 Å². The Bertz CT molecular complexity index is 1430. The van der Waals surface area contributed by atoms with E-state index in [1.54, 1.807) is 12.1 Å². The topological polar surface area (TPSA) is 65.8 Å². The van der Waals surface area contributed by atoms with Crippen molar-refractivity contribution in [2.24, 2.45) is 0 Å². The molecule has 4 heterocycles. The van der Waals surface area contributed by atoms with Gasteiger partial charge in [0.2, 0.25) is 0 Å². The average molecular weight is 507 g/mol. The van der Waals surface area contributed by atoms with Crippen LogP contribution in [0.15, 0.2) is 36.4 Å². The van der Waals surface area contributed by atoms with Crippen LogP contribution in [0, 0.1) is 0 Å². The van der Waals surface area contributed by atoms with E-state index < -0.39 is 24.9 Å². The third-order valence-corrected chi connectivity index (χ3v) is 8.68. The zero-order chi connectivity index (χ0) is 25.9. The SMILES string of the molecule is CC1(C)OB(c2ccc3nc4n(c3c2)[C@@H]2C[C@H]4N(C3CC3)C(=O)c3cccc(OC(F)F)c32)OC1(C)C. The van der Waals surface area contributed by atoms with Crippen molar-refractivity contribution in [3.8, 4) is 5.75 Å². The van der Waals surface area contributed by atoms with Crippen molar-refractivity contribution in [3.05, 3.63) is 53.3 Å². The van der Waals surface area contributed by atoms with Crippen LogP contribution < -0.4 is 10.2 Å². The van der Waals surface area contributed by atoms with Crippen LogP contribution in [-0.2, 0) is 9.31 Å². The summed E-state index contributed by atoms with van der Waals surface area (Å²) in [6.07, 6.45) is 2.43. The molecular formula is C27H28BF2N3O4. The van der Waals surface area contributed by atoms with Crippen molar-refractivity contribution in [1.82, 2.24) is 14.5 Å². The first kappa shape index (κ1) is 23.2. The highest BCUT2D eigenvalue weighted by Crippen LogP contribution is 2.52. The molecule has 0 unspecified atom stereocenters. The van der Waals surface area contributed by atoms with Gasteiger partial charge in [0.25, 0.3) is 5.91 Å². The fourth-order valence-corrected chi connectivity index (χ4v) is 6.05. The molecule has 2 aromatic carbocycles. The van der Waals surface area contributed by atoms with E-state index in [1.807, 2.05) is 50.8 Å². The molecule has 0 N–H and O–H groups in total. The first-order valence-corrected chi connectivity index (χ1v) is 12.8.